The van der Waals surface area contributed by atoms with Gasteiger partial charge in [-0.2, -0.15) is 0 Å². The van der Waals surface area contributed by atoms with Crippen LogP contribution in [0, 0.1) is 0 Å². The molecule has 1 atom stereocenters. The number of ether oxygens (including phenoxy) is 2. The average Bonchev–Trinajstić information content (AvgIpc) is 2.37. The van der Waals surface area contributed by atoms with Crippen LogP contribution in [-0.2, 0) is 4.74 Å². The smallest absolute Gasteiger partial charge is 0.188 e. The molecule has 0 aromatic heterocycles. The van der Waals surface area contributed by atoms with Gasteiger partial charge >= 0.3 is 0 Å². The first-order valence-corrected chi connectivity index (χ1v) is 6.02. The Morgan fingerprint density at radius 3 is 3.00 bits per heavy atom. The maximum atomic E-state index is 6.01. The van der Waals surface area contributed by atoms with Crippen LogP contribution in [0.2, 0.25) is 0 Å². The number of benzene rings is 1. The van der Waals surface area contributed by atoms with Crippen molar-refractivity contribution in [1.29, 1.82) is 0 Å². The van der Waals surface area contributed by atoms with Gasteiger partial charge in [-0.05, 0) is 25.0 Å². The zero-order valence-corrected chi connectivity index (χ0v) is 10.3. The summed E-state index contributed by atoms with van der Waals surface area (Å²) < 4.78 is 10.5. The van der Waals surface area contributed by atoms with Crippen LogP contribution in [0.3, 0.4) is 0 Å². The first kappa shape index (κ1) is 12.2. The molecule has 94 valence electrons. The minimum absolute atomic E-state index is 0.263. The molecule has 1 aliphatic rings. The lowest BCUT2D eigenvalue weighted by atomic mass is 10.1. The Morgan fingerprint density at radius 1 is 1.41 bits per heavy atom. The average molecular weight is 236 g/mol. The van der Waals surface area contributed by atoms with Crippen molar-refractivity contribution < 1.29 is 9.47 Å². The van der Waals surface area contributed by atoms with E-state index in [0.29, 0.717) is 0 Å². The molecule has 4 heteroatoms. The van der Waals surface area contributed by atoms with E-state index in [1.165, 1.54) is 0 Å². The summed E-state index contributed by atoms with van der Waals surface area (Å²) in [6, 6.07) is 8.30. The third-order valence-corrected chi connectivity index (χ3v) is 3.00. The molecule has 0 radical (unpaired) electrons. The van der Waals surface area contributed by atoms with Crippen molar-refractivity contribution in [1.82, 2.24) is 0 Å². The van der Waals surface area contributed by atoms with Crippen molar-refractivity contribution in [3.05, 3.63) is 24.3 Å². The molecule has 0 bridgehead atoms. The Labute approximate surface area is 102 Å². The summed E-state index contributed by atoms with van der Waals surface area (Å²) in [5.74, 6) is 0.864. The maximum absolute atomic E-state index is 6.01. The number of hydrogen-bond acceptors (Lipinski definition) is 4. The highest BCUT2D eigenvalue weighted by Crippen LogP contribution is 2.29. The van der Waals surface area contributed by atoms with Gasteiger partial charge in [0, 0.05) is 26.2 Å². The lowest BCUT2D eigenvalue weighted by molar-refractivity contribution is 0.0514. The fourth-order valence-corrected chi connectivity index (χ4v) is 2.19. The molecule has 0 saturated carbocycles. The summed E-state index contributed by atoms with van der Waals surface area (Å²) in [6.07, 6.45) is 2.25. The predicted molar refractivity (Wildman–Crippen MR) is 68.4 cm³/mol. The van der Waals surface area contributed by atoms with Crippen molar-refractivity contribution in [2.24, 2.45) is 5.73 Å². The molecular weight excluding hydrogens is 216 g/mol. The van der Waals surface area contributed by atoms with Gasteiger partial charge in [0.15, 0.2) is 6.79 Å². The summed E-state index contributed by atoms with van der Waals surface area (Å²) in [5.41, 5.74) is 7.12. The normalized spacial score (nSPS) is 20.4. The molecule has 0 spiro atoms. The van der Waals surface area contributed by atoms with Crippen LogP contribution >= 0.6 is 0 Å². The SMILES string of the molecule is COCOc1ccccc1N1CCCC(N)C1. The Morgan fingerprint density at radius 2 is 2.24 bits per heavy atom. The number of rotatable bonds is 4. The summed E-state index contributed by atoms with van der Waals surface area (Å²) in [4.78, 5) is 2.29. The van der Waals surface area contributed by atoms with Crippen LogP contribution < -0.4 is 15.4 Å². The van der Waals surface area contributed by atoms with E-state index in [2.05, 4.69) is 11.0 Å². The number of piperidine rings is 1. The quantitative estimate of drug-likeness (QED) is 0.807. The highest BCUT2D eigenvalue weighted by molar-refractivity contribution is 5.58. The molecule has 2 rings (SSSR count). The Kier molecular flexibility index (Phi) is 4.23. The van der Waals surface area contributed by atoms with Crippen molar-refractivity contribution in [3.8, 4) is 5.75 Å². The van der Waals surface area contributed by atoms with Gasteiger partial charge < -0.3 is 20.1 Å². The molecule has 1 aromatic carbocycles. The molecule has 17 heavy (non-hydrogen) atoms. The fourth-order valence-electron chi connectivity index (χ4n) is 2.19. The molecule has 1 fully saturated rings. The van der Waals surface area contributed by atoms with Gasteiger partial charge in [-0.25, -0.2) is 0 Å². The maximum Gasteiger partial charge on any atom is 0.188 e. The van der Waals surface area contributed by atoms with Crippen molar-refractivity contribution in [3.63, 3.8) is 0 Å². The second-order valence-corrected chi connectivity index (χ2v) is 4.37. The van der Waals surface area contributed by atoms with E-state index in [0.717, 1.165) is 37.4 Å². The van der Waals surface area contributed by atoms with Gasteiger partial charge in [0.25, 0.3) is 0 Å². The predicted octanol–water partition coefficient (Wildman–Crippen LogP) is 1.60. The van der Waals surface area contributed by atoms with E-state index in [1.807, 2.05) is 18.2 Å². The number of nitrogens with zero attached hydrogens (tertiary/aromatic N) is 1. The van der Waals surface area contributed by atoms with E-state index in [1.54, 1.807) is 7.11 Å². The minimum atomic E-state index is 0.263. The van der Waals surface area contributed by atoms with Gasteiger partial charge in [-0.3, -0.25) is 0 Å². The third kappa shape index (κ3) is 3.11. The highest BCUT2D eigenvalue weighted by atomic mass is 16.7. The van der Waals surface area contributed by atoms with Gasteiger partial charge in [-0.1, -0.05) is 12.1 Å². The molecule has 4 nitrogen and oxygen atoms in total. The molecule has 1 unspecified atom stereocenters. The summed E-state index contributed by atoms with van der Waals surface area (Å²) >= 11 is 0. The first-order chi connectivity index (χ1) is 8.31. The highest BCUT2D eigenvalue weighted by Gasteiger charge is 2.19. The molecular formula is C13H20N2O2. The number of anilines is 1. The summed E-state index contributed by atoms with van der Waals surface area (Å²) in [7, 11) is 1.62. The van der Waals surface area contributed by atoms with Crippen LogP contribution in [0.15, 0.2) is 24.3 Å². The van der Waals surface area contributed by atoms with Crippen LogP contribution in [0.5, 0.6) is 5.75 Å². The Balaban J connectivity index is 2.12. The minimum Gasteiger partial charge on any atom is -0.465 e. The van der Waals surface area contributed by atoms with E-state index < -0.39 is 0 Å². The third-order valence-electron chi connectivity index (χ3n) is 3.00. The zero-order chi connectivity index (χ0) is 12.1. The van der Waals surface area contributed by atoms with Crippen molar-refractivity contribution in [2.75, 3.05) is 31.9 Å². The molecule has 1 saturated heterocycles. The number of para-hydroxylation sites is 2. The Bertz CT molecular complexity index is 357. The van der Waals surface area contributed by atoms with E-state index in [9.17, 15) is 0 Å². The van der Waals surface area contributed by atoms with E-state index in [4.69, 9.17) is 15.2 Å². The number of methoxy groups -OCH3 is 1. The van der Waals surface area contributed by atoms with Gasteiger partial charge in [-0.15, -0.1) is 0 Å². The van der Waals surface area contributed by atoms with Crippen LogP contribution in [-0.4, -0.2) is 33.0 Å². The number of hydrogen-bond donors (Lipinski definition) is 1. The standard InChI is InChI=1S/C13H20N2O2/c1-16-10-17-13-7-3-2-6-12(13)15-8-4-5-11(14)9-15/h2-3,6-7,11H,4-5,8-10,14H2,1H3. The molecule has 1 heterocycles. The topological polar surface area (TPSA) is 47.7 Å². The number of nitrogens with two attached hydrogens (primary N) is 1. The lowest BCUT2D eigenvalue weighted by Gasteiger charge is -2.33. The van der Waals surface area contributed by atoms with Crippen molar-refractivity contribution >= 4 is 5.69 Å². The van der Waals surface area contributed by atoms with Crippen LogP contribution in [0.25, 0.3) is 0 Å². The van der Waals surface area contributed by atoms with E-state index in [-0.39, 0.29) is 12.8 Å². The fraction of sp³-hybridized carbons (Fsp3) is 0.538. The van der Waals surface area contributed by atoms with Gasteiger partial charge in [0.2, 0.25) is 0 Å². The largest absolute Gasteiger partial charge is 0.465 e. The molecule has 0 aliphatic carbocycles. The second kappa shape index (κ2) is 5.89. The zero-order valence-electron chi connectivity index (χ0n) is 10.3. The van der Waals surface area contributed by atoms with Crippen LogP contribution in [0.1, 0.15) is 12.8 Å². The summed E-state index contributed by atoms with van der Waals surface area (Å²) in [5, 5.41) is 0. The first-order valence-electron chi connectivity index (χ1n) is 6.02. The van der Waals surface area contributed by atoms with Gasteiger partial charge in [0.1, 0.15) is 5.75 Å². The van der Waals surface area contributed by atoms with Gasteiger partial charge in [0.05, 0.1) is 5.69 Å². The second-order valence-electron chi connectivity index (χ2n) is 4.37. The molecule has 0 amide bonds. The van der Waals surface area contributed by atoms with Crippen LogP contribution in [0.4, 0.5) is 5.69 Å². The molecule has 1 aromatic rings. The van der Waals surface area contributed by atoms with Crippen molar-refractivity contribution in [2.45, 2.75) is 18.9 Å². The summed E-state index contributed by atoms with van der Waals surface area (Å²) in [6.45, 7) is 2.21. The lowest BCUT2D eigenvalue weighted by Crippen LogP contribution is -2.43. The monoisotopic (exact) mass is 236 g/mol. The molecule has 2 N–H and O–H groups in total. The Hall–Kier alpha value is -1.26. The van der Waals surface area contributed by atoms with E-state index >= 15 is 0 Å². The molecule has 1 aliphatic heterocycles.